The molecular weight excluding hydrogens is 380 g/mol. The van der Waals surface area contributed by atoms with E-state index in [1.807, 2.05) is 25.6 Å². The Bertz CT molecular complexity index is 1470. The standard InChI is InChI=1S/C22H16N6S/c1-28-11-15(10-24-28)14-7-18-21(26-27-22(18)23-9-14)20-8-17-16(13-5-6-29-12-13)3-2-4-19(17)25-20/h2-12,25H,1H3,(H,23,26,27). The molecule has 0 amide bonds. The molecule has 0 aliphatic rings. The lowest BCUT2D eigenvalue weighted by atomic mass is 10.0. The second kappa shape index (κ2) is 6.15. The van der Waals surface area contributed by atoms with Crippen LogP contribution in [0.25, 0.3) is 55.6 Å². The van der Waals surface area contributed by atoms with Crippen LogP contribution in [-0.2, 0) is 7.05 Å². The Morgan fingerprint density at radius 3 is 2.79 bits per heavy atom. The highest BCUT2D eigenvalue weighted by Crippen LogP contribution is 2.35. The number of benzene rings is 1. The van der Waals surface area contributed by atoms with Gasteiger partial charge in [-0.3, -0.25) is 9.78 Å². The summed E-state index contributed by atoms with van der Waals surface area (Å²) in [6, 6.07) is 12.8. The molecule has 6 rings (SSSR count). The molecule has 140 valence electrons. The molecule has 0 aliphatic carbocycles. The number of rotatable bonds is 3. The second-order valence-corrected chi connectivity index (χ2v) is 7.84. The summed E-state index contributed by atoms with van der Waals surface area (Å²) in [4.78, 5) is 8.08. The summed E-state index contributed by atoms with van der Waals surface area (Å²) in [6.45, 7) is 0. The van der Waals surface area contributed by atoms with Crippen LogP contribution < -0.4 is 0 Å². The molecule has 0 radical (unpaired) electrons. The number of H-pyrrole nitrogens is 2. The summed E-state index contributed by atoms with van der Waals surface area (Å²) in [7, 11) is 1.91. The van der Waals surface area contributed by atoms with Gasteiger partial charge in [0.2, 0.25) is 0 Å². The average molecular weight is 396 g/mol. The number of nitrogens with one attached hydrogen (secondary N) is 2. The van der Waals surface area contributed by atoms with Crippen molar-refractivity contribution in [1.82, 2.24) is 29.9 Å². The lowest BCUT2D eigenvalue weighted by molar-refractivity contribution is 0.768. The number of fused-ring (bicyclic) bond motifs is 2. The fourth-order valence-corrected chi connectivity index (χ4v) is 4.45. The van der Waals surface area contributed by atoms with Gasteiger partial charge in [-0.2, -0.15) is 21.5 Å². The SMILES string of the molecule is Cn1cc(-c2cnc3n[nH]c(-c4cc5c(-c6ccsc6)cccc5[nH]4)c3c2)cn1. The van der Waals surface area contributed by atoms with Crippen molar-refractivity contribution in [3.63, 3.8) is 0 Å². The van der Waals surface area contributed by atoms with Crippen molar-refractivity contribution in [2.75, 3.05) is 0 Å². The van der Waals surface area contributed by atoms with Gasteiger partial charge in [0.25, 0.3) is 0 Å². The van der Waals surface area contributed by atoms with Gasteiger partial charge >= 0.3 is 0 Å². The van der Waals surface area contributed by atoms with E-state index in [1.165, 1.54) is 16.5 Å². The monoisotopic (exact) mass is 396 g/mol. The van der Waals surface area contributed by atoms with Gasteiger partial charge in [-0.1, -0.05) is 12.1 Å². The Hall–Kier alpha value is -3.71. The smallest absolute Gasteiger partial charge is 0.181 e. The molecule has 6 aromatic rings. The van der Waals surface area contributed by atoms with Crippen LogP contribution in [0.4, 0.5) is 0 Å². The summed E-state index contributed by atoms with van der Waals surface area (Å²) in [5.41, 5.74) is 8.24. The molecule has 29 heavy (non-hydrogen) atoms. The fourth-order valence-electron chi connectivity index (χ4n) is 3.79. The number of hydrogen-bond acceptors (Lipinski definition) is 4. The van der Waals surface area contributed by atoms with Gasteiger partial charge in [-0.15, -0.1) is 0 Å². The maximum atomic E-state index is 4.53. The lowest BCUT2D eigenvalue weighted by Crippen LogP contribution is -1.84. The van der Waals surface area contributed by atoms with E-state index >= 15 is 0 Å². The van der Waals surface area contributed by atoms with Gasteiger partial charge < -0.3 is 4.98 Å². The van der Waals surface area contributed by atoms with E-state index in [9.17, 15) is 0 Å². The highest BCUT2D eigenvalue weighted by molar-refractivity contribution is 7.08. The molecule has 5 heterocycles. The van der Waals surface area contributed by atoms with Gasteiger partial charge in [-0.25, -0.2) is 4.98 Å². The first kappa shape index (κ1) is 16.3. The number of thiophene rings is 1. The van der Waals surface area contributed by atoms with E-state index in [0.717, 1.165) is 33.4 Å². The molecule has 0 saturated heterocycles. The number of nitrogens with zero attached hydrogens (tertiary/aromatic N) is 4. The first-order chi connectivity index (χ1) is 14.3. The van der Waals surface area contributed by atoms with E-state index in [2.05, 4.69) is 72.4 Å². The van der Waals surface area contributed by atoms with Crippen molar-refractivity contribution < 1.29 is 0 Å². The summed E-state index contributed by atoms with van der Waals surface area (Å²) in [5, 5.41) is 18.3. The number of aryl methyl sites for hydroxylation is 1. The van der Waals surface area contributed by atoms with Gasteiger partial charge in [0.05, 0.1) is 17.6 Å². The number of aromatic amines is 2. The third kappa shape index (κ3) is 2.59. The Morgan fingerprint density at radius 2 is 1.97 bits per heavy atom. The summed E-state index contributed by atoms with van der Waals surface area (Å²) in [5.74, 6) is 0. The summed E-state index contributed by atoms with van der Waals surface area (Å²) < 4.78 is 1.79. The minimum absolute atomic E-state index is 0.698. The van der Waals surface area contributed by atoms with Crippen LogP contribution >= 0.6 is 11.3 Å². The van der Waals surface area contributed by atoms with Crippen LogP contribution in [0.3, 0.4) is 0 Å². The van der Waals surface area contributed by atoms with Crippen LogP contribution in [0.1, 0.15) is 0 Å². The molecule has 0 aliphatic heterocycles. The Kier molecular flexibility index (Phi) is 3.45. The molecule has 0 spiro atoms. The van der Waals surface area contributed by atoms with Crippen LogP contribution in [0.15, 0.2) is 65.7 Å². The average Bonchev–Trinajstić information content (AvgIpc) is 3.51. The lowest BCUT2D eigenvalue weighted by Gasteiger charge is -1.99. The maximum absolute atomic E-state index is 4.53. The molecule has 6 nitrogen and oxygen atoms in total. The van der Waals surface area contributed by atoms with Gasteiger partial charge in [0.15, 0.2) is 5.65 Å². The summed E-state index contributed by atoms with van der Waals surface area (Å²) >= 11 is 1.71. The quantitative estimate of drug-likeness (QED) is 0.430. The van der Waals surface area contributed by atoms with Gasteiger partial charge in [-0.05, 0) is 46.2 Å². The zero-order valence-electron chi connectivity index (χ0n) is 15.5. The Labute approximate surface area is 169 Å². The predicted molar refractivity (Wildman–Crippen MR) is 117 cm³/mol. The molecule has 0 atom stereocenters. The van der Waals surface area contributed by atoms with E-state index in [1.54, 1.807) is 16.0 Å². The van der Waals surface area contributed by atoms with E-state index in [-0.39, 0.29) is 0 Å². The molecule has 0 saturated carbocycles. The second-order valence-electron chi connectivity index (χ2n) is 7.06. The molecule has 5 aromatic heterocycles. The first-order valence-corrected chi connectivity index (χ1v) is 10.2. The van der Waals surface area contributed by atoms with E-state index in [4.69, 9.17) is 0 Å². The maximum Gasteiger partial charge on any atom is 0.181 e. The van der Waals surface area contributed by atoms with Crippen molar-refractivity contribution >= 4 is 33.3 Å². The zero-order valence-corrected chi connectivity index (χ0v) is 16.4. The van der Waals surface area contributed by atoms with Gasteiger partial charge in [0, 0.05) is 46.9 Å². The molecule has 0 unspecified atom stereocenters. The van der Waals surface area contributed by atoms with Crippen molar-refractivity contribution in [2.24, 2.45) is 7.05 Å². The largest absolute Gasteiger partial charge is 0.353 e. The highest BCUT2D eigenvalue weighted by Gasteiger charge is 2.15. The van der Waals surface area contributed by atoms with E-state index < -0.39 is 0 Å². The first-order valence-electron chi connectivity index (χ1n) is 9.24. The molecule has 1 aromatic carbocycles. The topological polar surface area (TPSA) is 75.2 Å². The van der Waals surface area contributed by atoms with Crippen LogP contribution in [0.5, 0.6) is 0 Å². The number of pyridine rings is 1. The van der Waals surface area contributed by atoms with Crippen molar-refractivity contribution in [3.05, 3.63) is 65.7 Å². The number of aromatic nitrogens is 6. The molecular formula is C22H16N6S. The fraction of sp³-hybridized carbons (Fsp3) is 0.0455. The third-order valence-electron chi connectivity index (χ3n) is 5.21. The number of hydrogen-bond donors (Lipinski definition) is 2. The van der Waals surface area contributed by atoms with Gasteiger partial charge in [0.1, 0.15) is 0 Å². The Morgan fingerprint density at radius 1 is 1.00 bits per heavy atom. The molecule has 7 heteroatoms. The Balaban J connectivity index is 1.53. The minimum Gasteiger partial charge on any atom is -0.353 e. The third-order valence-corrected chi connectivity index (χ3v) is 5.90. The van der Waals surface area contributed by atoms with Crippen molar-refractivity contribution in [2.45, 2.75) is 0 Å². The van der Waals surface area contributed by atoms with Crippen LogP contribution in [0, 0.1) is 0 Å². The zero-order chi connectivity index (χ0) is 19.4. The van der Waals surface area contributed by atoms with E-state index in [0.29, 0.717) is 5.65 Å². The minimum atomic E-state index is 0.698. The van der Waals surface area contributed by atoms with Crippen LogP contribution in [-0.4, -0.2) is 29.9 Å². The molecule has 2 N–H and O–H groups in total. The molecule has 0 fully saturated rings. The highest BCUT2D eigenvalue weighted by atomic mass is 32.1. The summed E-state index contributed by atoms with van der Waals surface area (Å²) in [6.07, 6.45) is 5.67. The normalized spacial score (nSPS) is 11.6. The predicted octanol–water partition coefficient (Wildman–Crippen LogP) is 5.24. The van der Waals surface area contributed by atoms with Crippen molar-refractivity contribution in [3.8, 4) is 33.6 Å². The van der Waals surface area contributed by atoms with Crippen molar-refractivity contribution in [1.29, 1.82) is 0 Å². The van der Waals surface area contributed by atoms with Crippen LogP contribution in [0.2, 0.25) is 0 Å². The molecule has 0 bridgehead atoms.